The van der Waals surface area contributed by atoms with E-state index in [4.69, 9.17) is 9.05 Å². The molecule has 0 amide bonds. The summed E-state index contributed by atoms with van der Waals surface area (Å²) in [6, 6.07) is 0. The van der Waals surface area contributed by atoms with Crippen molar-refractivity contribution in [3.05, 3.63) is 0 Å². The average Bonchev–Trinajstić information content (AvgIpc) is 2.27. The van der Waals surface area contributed by atoms with Crippen LogP contribution in [0.5, 0.6) is 0 Å². The normalized spacial score (nSPS) is 17.4. The van der Waals surface area contributed by atoms with Crippen molar-refractivity contribution in [1.82, 2.24) is 0 Å². The quantitative estimate of drug-likeness (QED) is 0.487. The second kappa shape index (κ2) is 6.56. The first-order valence-electron chi connectivity index (χ1n) is 5.89. The number of rotatable bonds is 7. The van der Waals surface area contributed by atoms with Gasteiger partial charge in [-0.1, -0.05) is 13.8 Å². The van der Waals surface area contributed by atoms with Crippen molar-refractivity contribution in [3.8, 4) is 0 Å². The summed E-state index contributed by atoms with van der Waals surface area (Å²) in [6.45, 7) is 3.47. The Balaban J connectivity index is 5.88. The molecule has 0 fully saturated rings. The summed E-state index contributed by atoms with van der Waals surface area (Å²) < 4.78 is 93.2. The van der Waals surface area contributed by atoms with Crippen LogP contribution in [0.15, 0.2) is 0 Å². The Bertz CT molecular complexity index is 343. The van der Waals surface area contributed by atoms with Crippen molar-refractivity contribution in [2.75, 3.05) is 14.2 Å². The maximum absolute atomic E-state index is 14.5. The van der Waals surface area contributed by atoms with Crippen LogP contribution in [0.4, 0.5) is 26.3 Å². The summed E-state index contributed by atoms with van der Waals surface area (Å²) in [6.07, 6.45) is -5.55. The van der Waals surface area contributed by atoms with Crippen molar-refractivity contribution in [3.63, 3.8) is 0 Å². The molecule has 0 radical (unpaired) electrons. The smallest absolute Gasteiger partial charge is 0.337 e. The average molecular weight is 344 g/mol. The Hall–Kier alpha value is -0.110. The lowest BCUT2D eigenvalue weighted by atomic mass is 9.89. The molecule has 0 aliphatic carbocycles. The standard InChI is InChI=1S/C11H19F6O3P/c1-7(2)9(12,20-11(15,16)17)10(13,14)8(3,4)21(18-5)19-6/h7H,1-6H3. The summed E-state index contributed by atoms with van der Waals surface area (Å²) >= 11 is 0. The van der Waals surface area contributed by atoms with Crippen molar-refractivity contribution in [2.45, 2.75) is 51.0 Å². The fourth-order valence-corrected chi connectivity index (χ4v) is 3.22. The molecule has 0 bridgehead atoms. The second-order valence-corrected chi connectivity index (χ2v) is 7.47. The Morgan fingerprint density at radius 1 is 0.857 bits per heavy atom. The highest BCUT2D eigenvalue weighted by Crippen LogP contribution is 2.62. The monoisotopic (exact) mass is 344 g/mol. The van der Waals surface area contributed by atoms with Crippen LogP contribution in [0.3, 0.4) is 0 Å². The van der Waals surface area contributed by atoms with E-state index >= 15 is 0 Å². The molecule has 21 heavy (non-hydrogen) atoms. The van der Waals surface area contributed by atoms with Gasteiger partial charge in [0.2, 0.25) is 0 Å². The van der Waals surface area contributed by atoms with Crippen LogP contribution in [-0.4, -0.2) is 37.5 Å². The lowest BCUT2D eigenvalue weighted by Gasteiger charge is -2.45. The van der Waals surface area contributed by atoms with E-state index in [0.29, 0.717) is 0 Å². The molecule has 1 unspecified atom stereocenters. The van der Waals surface area contributed by atoms with E-state index in [0.717, 1.165) is 41.9 Å². The molecule has 128 valence electrons. The van der Waals surface area contributed by atoms with E-state index in [1.165, 1.54) is 0 Å². The van der Waals surface area contributed by atoms with E-state index in [1.54, 1.807) is 0 Å². The maximum atomic E-state index is 14.5. The van der Waals surface area contributed by atoms with E-state index < -0.39 is 37.6 Å². The first-order chi connectivity index (χ1) is 9.17. The first-order valence-corrected chi connectivity index (χ1v) is 7.07. The highest BCUT2D eigenvalue weighted by atomic mass is 31.2. The molecule has 10 heteroatoms. The van der Waals surface area contributed by atoms with Gasteiger partial charge in [-0.3, -0.25) is 0 Å². The van der Waals surface area contributed by atoms with Crippen LogP contribution in [-0.2, 0) is 13.8 Å². The van der Waals surface area contributed by atoms with Gasteiger partial charge in [0.05, 0.1) is 0 Å². The Labute approximate surface area is 120 Å². The minimum atomic E-state index is -5.55. The minimum Gasteiger partial charge on any atom is -0.337 e. The molecule has 0 aliphatic heterocycles. The molecule has 0 saturated heterocycles. The van der Waals surface area contributed by atoms with Crippen LogP contribution in [0.2, 0.25) is 0 Å². The molecule has 0 spiro atoms. The van der Waals surface area contributed by atoms with Gasteiger partial charge in [-0.15, -0.1) is 13.2 Å². The van der Waals surface area contributed by atoms with Gasteiger partial charge in [0, 0.05) is 20.1 Å². The van der Waals surface area contributed by atoms with Crippen molar-refractivity contribution in [1.29, 1.82) is 0 Å². The molecule has 1 atom stereocenters. The molecule has 0 heterocycles. The molecule has 0 aromatic rings. The molecule has 0 rings (SSSR count). The van der Waals surface area contributed by atoms with Gasteiger partial charge < -0.3 is 9.05 Å². The first kappa shape index (κ1) is 20.9. The van der Waals surface area contributed by atoms with Gasteiger partial charge in [-0.05, 0) is 13.8 Å². The van der Waals surface area contributed by atoms with Crippen molar-refractivity contribution < 1.29 is 40.1 Å². The van der Waals surface area contributed by atoms with E-state index in [-0.39, 0.29) is 0 Å². The fraction of sp³-hybridized carbons (Fsp3) is 1.00. The van der Waals surface area contributed by atoms with Gasteiger partial charge in [0.25, 0.3) is 5.85 Å². The van der Waals surface area contributed by atoms with E-state index in [2.05, 4.69) is 4.74 Å². The molecule has 0 aliphatic rings. The molecule has 0 saturated carbocycles. The summed E-state index contributed by atoms with van der Waals surface area (Å²) in [4.78, 5) is 0. The summed E-state index contributed by atoms with van der Waals surface area (Å²) in [5, 5.41) is -2.36. The molecule has 0 aromatic carbocycles. The SMILES string of the molecule is COP(OC)C(C)(C)C(F)(F)C(F)(OC(F)(F)F)C(C)C. The van der Waals surface area contributed by atoms with E-state index in [9.17, 15) is 26.3 Å². The van der Waals surface area contributed by atoms with Gasteiger partial charge in [-0.2, -0.15) is 8.78 Å². The lowest BCUT2D eigenvalue weighted by Crippen LogP contribution is -2.62. The molecule has 3 nitrogen and oxygen atoms in total. The number of hydrogen-bond donors (Lipinski definition) is 0. The molecular weight excluding hydrogens is 325 g/mol. The molecule has 0 N–H and O–H groups in total. The number of hydrogen-bond acceptors (Lipinski definition) is 3. The highest BCUT2D eigenvalue weighted by Gasteiger charge is 2.71. The molecular formula is C11H19F6O3P. The predicted octanol–water partition coefficient (Wildman–Crippen LogP) is 4.86. The Kier molecular flexibility index (Phi) is 6.53. The zero-order chi connectivity index (χ0) is 17.3. The largest absolute Gasteiger partial charge is 0.525 e. The van der Waals surface area contributed by atoms with Gasteiger partial charge in [0.1, 0.15) is 5.16 Å². The third-order valence-electron chi connectivity index (χ3n) is 2.99. The highest BCUT2D eigenvalue weighted by molar-refractivity contribution is 7.49. The summed E-state index contributed by atoms with van der Waals surface area (Å²) in [7, 11) is -0.258. The number of alkyl halides is 6. The topological polar surface area (TPSA) is 27.7 Å². The zero-order valence-electron chi connectivity index (χ0n) is 12.5. The van der Waals surface area contributed by atoms with Gasteiger partial charge in [-0.25, -0.2) is 9.13 Å². The lowest BCUT2D eigenvalue weighted by molar-refractivity contribution is -0.441. The van der Waals surface area contributed by atoms with Crippen molar-refractivity contribution >= 4 is 8.38 Å². The van der Waals surface area contributed by atoms with Crippen LogP contribution < -0.4 is 0 Å². The van der Waals surface area contributed by atoms with Crippen LogP contribution in [0, 0.1) is 5.92 Å². The molecule has 0 aromatic heterocycles. The van der Waals surface area contributed by atoms with Crippen LogP contribution in [0.25, 0.3) is 0 Å². The predicted molar refractivity (Wildman–Crippen MR) is 65.8 cm³/mol. The van der Waals surface area contributed by atoms with Crippen LogP contribution >= 0.6 is 8.38 Å². The maximum Gasteiger partial charge on any atom is 0.525 e. The van der Waals surface area contributed by atoms with Crippen LogP contribution in [0.1, 0.15) is 27.7 Å². The summed E-state index contributed by atoms with van der Waals surface area (Å²) in [5.74, 6) is -10.5. The second-order valence-electron chi connectivity index (χ2n) is 5.10. The minimum absolute atomic E-state index is 0.863. The number of halogens is 6. The Morgan fingerprint density at radius 2 is 1.24 bits per heavy atom. The summed E-state index contributed by atoms with van der Waals surface area (Å²) in [5.41, 5.74) is 0. The van der Waals surface area contributed by atoms with Gasteiger partial charge >= 0.3 is 12.3 Å². The third-order valence-corrected chi connectivity index (χ3v) is 4.85. The number of ether oxygens (including phenoxy) is 1. The Morgan fingerprint density at radius 3 is 1.48 bits per heavy atom. The van der Waals surface area contributed by atoms with E-state index in [1.807, 2.05) is 0 Å². The third kappa shape index (κ3) is 4.00. The van der Waals surface area contributed by atoms with Gasteiger partial charge in [0.15, 0.2) is 8.38 Å². The zero-order valence-corrected chi connectivity index (χ0v) is 13.4. The fourth-order valence-electron chi connectivity index (χ4n) is 1.78. The van der Waals surface area contributed by atoms with Crippen molar-refractivity contribution in [2.24, 2.45) is 5.92 Å².